The third-order valence-corrected chi connectivity index (χ3v) is 2.70. The van der Waals surface area contributed by atoms with E-state index in [0.717, 1.165) is 5.39 Å². The lowest BCUT2D eigenvalue weighted by Gasteiger charge is -2.05. The van der Waals surface area contributed by atoms with Gasteiger partial charge in [-0.1, -0.05) is 36.4 Å². The Bertz CT molecular complexity index is 609. The highest BCUT2D eigenvalue weighted by Gasteiger charge is 2.01. The maximum absolute atomic E-state index is 4.04. The Kier molecular flexibility index (Phi) is 2.15. The van der Waals surface area contributed by atoms with E-state index in [2.05, 4.69) is 35.3 Å². The summed E-state index contributed by atoms with van der Waals surface area (Å²) in [4.78, 5) is 4.04. The molecule has 0 atom stereocenters. The summed E-state index contributed by atoms with van der Waals surface area (Å²) in [7, 11) is 0. The van der Waals surface area contributed by atoms with Gasteiger partial charge in [0, 0.05) is 12.4 Å². The Labute approximate surface area is 94.4 Å². The second-order valence-corrected chi connectivity index (χ2v) is 3.67. The van der Waals surface area contributed by atoms with E-state index in [0.29, 0.717) is 0 Å². The maximum Gasteiger partial charge on any atom is 0.0273 e. The van der Waals surface area contributed by atoms with Crippen LogP contribution in [-0.4, -0.2) is 4.98 Å². The average molecular weight is 204 g/mol. The molecular formula is C15H10N. The zero-order valence-corrected chi connectivity index (χ0v) is 8.72. The third kappa shape index (κ3) is 1.47. The lowest BCUT2D eigenvalue weighted by molar-refractivity contribution is 1.33. The molecule has 0 saturated carbocycles. The first kappa shape index (κ1) is 9.10. The third-order valence-electron chi connectivity index (χ3n) is 2.70. The molecule has 0 spiro atoms. The molecule has 2 aromatic carbocycles. The highest BCUT2D eigenvalue weighted by Crippen LogP contribution is 2.27. The maximum atomic E-state index is 4.04. The Morgan fingerprint density at radius 2 is 1.75 bits per heavy atom. The van der Waals surface area contributed by atoms with Crippen molar-refractivity contribution >= 4 is 10.8 Å². The van der Waals surface area contributed by atoms with E-state index in [1.807, 2.05) is 36.7 Å². The minimum atomic E-state index is 1.15. The van der Waals surface area contributed by atoms with Gasteiger partial charge < -0.3 is 0 Å². The molecule has 1 radical (unpaired) electrons. The molecule has 0 N–H and O–H groups in total. The minimum absolute atomic E-state index is 1.15. The number of aromatic nitrogens is 1. The van der Waals surface area contributed by atoms with Gasteiger partial charge in [0.2, 0.25) is 0 Å². The average Bonchev–Trinajstić information content (AvgIpc) is 2.39. The quantitative estimate of drug-likeness (QED) is 0.589. The van der Waals surface area contributed by atoms with Crippen molar-refractivity contribution in [1.29, 1.82) is 0 Å². The Morgan fingerprint density at radius 3 is 2.62 bits per heavy atom. The zero-order chi connectivity index (χ0) is 10.8. The van der Waals surface area contributed by atoms with Gasteiger partial charge in [0.1, 0.15) is 0 Å². The SMILES string of the molecule is [c]1cccc2c(-c3ccncc3)cccc12. The summed E-state index contributed by atoms with van der Waals surface area (Å²) in [5.74, 6) is 0. The second kappa shape index (κ2) is 3.78. The van der Waals surface area contributed by atoms with Crippen LogP contribution in [0.1, 0.15) is 0 Å². The molecule has 1 heteroatoms. The first-order chi connectivity index (χ1) is 7.95. The fourth-order valence-electron chi connectivity index (χ4n) is 1.94. The second-order valence-electron chi connectivity index (χ2n) is 3.67. The molecule has 3 rings (SSSR count). The van der Waals surface area contributed by atoms with Gasteiger partial charge in [0.15, 0.2) is 0 Å². The molecule has 16 heavy (non-hydrogen) atoms. The van der Waals surface area contributed by atoms with Gasteiger partial charge in [-0.25, -0.2) is 0 Å². The largest absolute Gasteiger partial charge is 0.265 e. The molecule has 75 valence electrons. The van der Waals surface area contributed by atoms with Crippen LogP contribution in [0, 0.1) is 6.07 Å². The van der Waals surface area contributed by atoms with Crippen LogP contribution in [0.15, 0.2) is 60.9 Å². The van der Waals surface area contributed by atoms with E-state index in [9.17, 15) is 0 Å². The van der Waals surface area contributed by atoms with Crippen LogP contribution in [0.25, 0.3) is 21.9 Å². The van der Waals surface area contributed by atoms with Crippen molar-refractivity contribution in [3.63, 3.8) is 0 Å². The van der Waals surface area contributed by atoms with Crippen molar-refractivity contribution in [2.45, 2.75) is 0 Å². The van der Waals surface area contributed by atoms with Crippen LogP contribution in [0.2, 0.25) is 0 Å². The number of benzene rings is 2. The summed E-state index contributed by atoms with van der Waals surface area (Å²) < 4.78 is 0. The number of rotatable bonds is 1. The van der Waals surface area contributed by atoms with Crippen molar-refractivity contribution < 1.29 is 0 Å². The van der Waals surface area contributed by atoms with Gasteiger partial charge >= 0.3 is 0 Å². The van der Waals surface area contributed by atoms with Gasteiger partial charge in [0.25, 0.3) is 0 Å². The predicted molar refractivity (Wildman–Crippen MR) is 66.0 cm³/mol. The summed E-state index contributed by atoms with van der Waals surface area (Å²) in [5, 5.41) is 2.38. The number of fused-ring (bicyclic) bond motifs is 1. The summed E-state index contributed by atoms with van der Waals surface area (Å²) in [6.45, 7) is 0. The van der Waals surface area contributed by atoms with Gasteiger partial charge in [-0.15, -0.1) is 0 Å². The molecule has 3 aromatic rings. The summed E-state index contributed by atoms with van der Waals surface area (Å²) in [6, 6.07) is 19.7. The number of nitrogens with zero attached hydrogens (tertiary/aromatic N) is 1. The minimum Gasteiger partial charge on any atom is -0.265 e. The van der Waals surface area contributed by atoms with E-state index in [4.69, 9.17) is 0 Å². The Morgan fingerprint density at radius 1 is 0.875 bits per heavy atom. The number of hydrogen-bond acceptors (Lipinski definition) is 1. The normalized spacial score (nSPS) is 10.5. The molecule has 0 aliphatic carbocycles. The van der Waals surface area contributed by atoms with Crippen LogP contribution >= 0.6 is 0 Å². The van der Waals surface area contributed by atoms with Crippen LogP contribution < -0.4 is 0 Å². The summed E-state index contributed by atoms with van der Waals surface area (Å²) in [5.41, 5.74) is 2.43. The molecule has 0 amide bonds. The number of pyridine rings is 1. The van der Waals surface area contributed by atoms with Crippen LogP contribution in [0.4, 0.5) is 0 Å². The van der Waals surface area contributed by atoms with E-state index in [-0.39, 0.29) is 0 Å². The van der Waals surface area contributed by atoms with E-state index in [1.54, 1.807) is 0 Å². The topological polar surface area (TPSA) is 12.9 Å². The number of hydrogen-bond donors (Lipinski definition) is 0. The Balaban J connectivity index is 2.32. The van der Waals surface area contributed by atoms with Crippen molar-refractivity contribution in [1.82, 2.24) is 4.98 Å². The van der Waals surface area contributed by atoms with Crippen molar-refractivity contribution in [2.75, 3.05) is 0 Å². The predicted octanol–water partition coefficient (Wildman–Crippen LogP) is 3.70. The monoisotopic (exact) mass is 204 g/mol. The standard InChI is InChI=1S/C15H10N/c1-2-6-14-12(4-1)5-3-7-15(14)13-8-10-16-11-9-13/h1-3,5-11H. The fraction of sp³-hybridized carbons (Fsp3) is 0. The molecular weight excluding hydrogens is 194 g/mol. The van der Waals surface area contributed by atoms with Gasteiger partial charge in [0.05, 0.1) is 0 Å². The van der Waals surface area contributed by atoms with Crippen molar-refractivity contribution in [2.24, 2.45) is 0 Å². The molecule has 1 nitrogen and oxygen atoms in total. The van der Waals surface area contributed by atoms with Crippen LogP contribution in [0.5, 0.6) is 0 Å². The highest BCUT2D eigenvalue weighted by atomic mass is 14.6. The molecule has 0 bridgehead atoms. The van der Waals surface area contributed by atoms with Gasteiger partial charge in [-0.3, -0.25) is 4.98 Å². The molecule has 0 unspecified atom stereocenters. The molecule has 0 fully saturated rings. The first-order valence-corrected chi connectivity index (χ1v) is 5.25. The molecule has 1 aromatic heterocycles. The van der Waals surface area contributed by atoms with Gasteiger partial charge in [-0.2, -0.15) is 0 Å². The lowest BCUT2D eigenvalue weighted by atomic mass is 9.99. The van der Waals surface area contributed by atoms with Gasteiger partial charge in [-0.05, 0) is 40.1 Å². The van der Waals surface area contributed by atoms with E-state index >= 15 is 0 Å². The molecule has 1 heterocycles. The molecule has 0 aliphatic heterocycles. The summed E-state index contributed by atoms with van der Waals surface area (Å²) >= 11 is 0. The zero-order valence-electron chi connectivity index (χ0n) is 8.72. The smallest absolute Gasteiger partial charge is 0.0273 e. The lowest BCUT2D eigenvalue weighted by Crippen LogP contribution is -1.81. The fourth-order valence-corrected chi connectivity index (χ4v) is 1.94. The van der Waals surface area contributed by atoms with Crippen LogP contribution in [-0.2, 0) is 0 Å². The first-order valence-electron chi connectivity index (χ1n) is 5.25. The molecule has 0 aliphatic rings. The van der Waals surface area contributed by atoms with E-state index in [1.165, 1.54) is 16.5 Å². The van der Waals surface area contributed by atoms with Crippen LogP contribution in [0.3, 0.4) is 0 Å². The van der Waals surface area contributed by atoms with Crippen molar-refractivity contribution in [3.8, 4) is 11.1 Å². The summed E-state index contributed by atoms with van der Waals surface area (Å²) in [6.07, 6.45) is 3.64. The highest BCUT2D eigenvalue weighted by molar-refractivity contribution is 5.96. The molecule has 0 saturated heterocycles. The van der Waals surface area contributed by atoms with Crippen molar-refractivity contribution in [3.05, 3.63) is 67.0 Å². The van der Waals surface area contributed by atoms with E-state index < -0.39 is 0 Å². The Hall–Kier alpha value is -2.15.